The summed E-state index contributed by atoms with van der Waals surface area (Å²) in [6.07, 6.45) is 7.73. The fourth-order valence-electron chi connectivity index (χ4n) is 4.46. The first-order chi connectivity index (χ1) is 16.5. The molecule has 3 aromatic rings. The third-order valence-corrected chi connectivity index (χ3v) is 6.30. The maximum atomic E-state index is 13.7. The van der Waals surface area contributed by atoms with E-state index in [0.717, 1.165) is 37.8 Å². The van der Waals surface area contributed by atoms with Crippen molar-refractivity contribution < 1.29 is 14.0 Å². The minimum absolute atomic E-state index is 0.126. The zero-order valence-corrected chi connectivity index (χ0v) is 18.7. The highest BCUT2D eigenvalue weighted by atomic mass is 19.1. The highest BCUT2D eigenvalue weighted by molar-refractivity contribution is 6.05. The summed E-state index contributed by atoms with van der Waals surface area (Å²) in [5, 5.41) is 7.13. The predicted octanol–water partition coefficient (Wildman–Crippen LogP) is 4.48. The van der Waals surface area contributed by atoms with E-state index < -0.39 is 5.82 Å². The lowest BCUT2D eigenvalue weighted by atomic mass is 9.89. The second-order valence-electron chi connectivity index (χ2n) is 8.49. The van der Waals surface area contributed by atoms with Gasteiger partial charge in [0.15, 0.2) is 0 Å². The minimum Gasteiger partial charge on any atom is -0.343 e. The van der Waals surface area contributed by atoms with Crippen LogP contribution >= 0.6 is 0 Å². The summed E-state index contributed by atoms with van der Waals surface area (Å²) in [4.78, 5) is 34.5. The lowest BCUT2D eigenvalue weighted by Crippen LogP contribution is -2.36. The smallest absolute Gasteiger partial charge is 0.281 e. The van der Waals surface area contributed by atoms with Gasteiger partial charge in [0, 0.05) is 43.7 Å². The van der Waals surface area contributed by atoms with Crippen molar-refractivity contribution >= 4 is 29.4 Å². The highest BCUT2D eigenvalue weighted by Gasteiger charge is 2.24. The summed E-state index contributed by atoms with van der Waals surface area (Å²) < 4.78 is 13.7. The molecule has 1 aromatic carbocycles. The Hall–Kier alpha value is -4.07. The summed E-state index contributed by atoms with van der Waals surface area (Å²) in [7, 11) is 0. The number of hydrogen-bond donors (Lipinski definition) is 1. The number of nitrogens with one attached hydrogen (secondary N) is 1. The van der Waals surface area contributed by atoms with Crippen molar-refractivity contribution in [2.45, 2.75) is 25.7 Å². The van der Waals surface area contributed by atoms with Gasteiger partial charge in [-0.25, -0.2) is 14.7 Å². The van der Waals surface area contributed by atoms with E-state index in [1.807, 2.05) is 17.0 Å². The summed E-state index contributed by atoms with van der Waals surface area (Å²) >= 11 is 0. The lowest BCUT2D eigenvalue weighted by molar-refractivity contribution is -0.129. The zero-order chi connectivity index (χ0) is 23.7. The monoisotopic (exact) mass is 456 g/mol. The zero-order valence-electron chi connectivity index (χ0n) is 18.7. The van der Waals surface area contributed by atoms with Crippen LogP contribution in [0.25, 0.3) is 17.3 Å². The van der Waals surface area contributed by atoms with E-state index in [1.54, 1.807) is 19.1 Å². The quantitative estimate of drug-likeness (QED) is 0.625. The van der Waals surface area contributed by atoms with Crippen LogP contribution in [0.15, 0.2) is 55.0 Å². The van der Waals surface area contributed by atoms with Crippen molar-refractivity contribution in [3.63, 3.8) is 0 Å². The van der Waals surface area contributed by atoms with E-state index in [4.69, 9.17) is 0 Å². The number of fused-ring (bicyclic) bond motifs is 1. The number of carbonyl (C=O) groups excluding carboxylic acids is 2. The van der Waals surface area contributed by atoms with E-state index in [9.17, 15) is 14.0 Å². The first-order valence-electron chi connectivity index (χ1n) is 11.2. The molecule has 0 saturated carbocycles. The Bertz CT molecular complexity index is 1280. The molecule has 8 heteroatoms. The van der Waals surface area contributed by atoms with Crippen LogP contribution in [0.2, 0.25) is 0 Å². The van der Waals surface area contributed by atoms with Crippen molar-refractivity contribution in [1.29, 1.82) is 0 Å². The third-order valence-electron chi connectivity index (χ3n) is 6.30. The number of carbonyl (C=O) groups is 2. The first kappa shape index (κ1) is 21.8. The molecule has 0 unspecified atom stereocenters. The number of aromatic nitrogens is 2. The second-order valence-corrected chi connectivity index (χ2v) is 8.49. The van der Waals surface area contributed by atoms with Crippen molar-refractivity contribution in [3.8, 4) is 11.3 Å². The molecule has 1 saturated heterocycles. The maximum Gasteiger partial charge on any atom is 0.281 e. The van der Waals surface area contributed by atoms with Gasteiger partial charge < -0.3 is 10.2 Å². The summed E-state index contributed by atoms with van der Waals surface area (Å²) in [6.45, 7) is 3.16. The highest BCUT2D eigenvalue weighted by Crippen LogP contribution is 2.32. The van der Waals surface area contributed by atoms with Crippen LogP contribution < -0.4 is 10.6 Å². The summed E-state index contributed by atoms with van der Waals surface area (Å²) in [5.41, 5.74) is 4.04. The van der Waals surface area contributed by atoms with Crippen molar-refractivity contribution in [2.75, 3.05) is 18.4 Å². The molecular weight excluding hydrogens is 433 g/mol. The number of anilines is 2. The number of benzene rings is 1. The normalized spacial score (nSPS) is 15.6. The molecule has 2 aliphatic rings. The molecule has 0 aliphatic carbocycles. The molecule has 1 fully saturated rings. The van der Waals surface area contributed by atoms with Gasteiger partial charge >= 0.3 is 0 Å². The molecule has 0 bridgehead atoms. The van der Waals surface area contributed by atoms with Gasteiger partial charge in [-0.1, -0.05) is 12.1 Å². The molecule has 0 spiro atoms. The molecule has 1 N–H and O–H groups in total. The number of hydrogen-bond acceptors (Lipinski definition) is 5. The Morgan fingerprint density at radius 2 is 1.88 bits per heavy atom. The van der Waals surface area contributed by atoms with Gasteiger partial charge in [0.1, 0.15) is 11.6 Å². The largest absolute Gasteiger partial charge is 0.343 e. The SMILES string of the molecule is CC(=O)N1CCC(c2ccc(Nc3nc(-c4cncc(F)c4)cc4c3C(=O)[N]C=C4)cc2)CC1. The van der Waals surface area contributed by atoms with E-state index in [2.05, 4.69) is 32.7 Å². The molecule has 2 aliphatic heterocycles. The van der Waals surface area contributed by atoms with Crippen LogP contribution in [0, 0.1) is 5.82 Å². The second kappa shape index (κ2) is 9.05. The third kappa shape index (κ3) is 4.39. The van der Waals surface area contributed by atoms with Gasteiger partial charge in [0.05, 0.1) is 17.5 Å². The molecule has 7 nitrogen and oxygen atoms in total. The Kier molecular flexibility index (Phi) is 5.79. The number of pyridine rings is 2. The van der Waals surface area contributed by atoms with Gasteiger partial charge in [0.25, 0.3) is 5.91 Å². The van der Waals surface area contributed by atoms with Gasteiger partial charge in [-0.15, -0.1) is 0 Å². The summed E-state index contributed by atoms with van der Waals surface area (Å²) in [6, 6.07) is 11.1. The molecule has 2 amide bonds. The number of piperidine rings is 1. The first-order valence-corrected chi connectivity index (χ1v) is 11.2. The van der Waals surface area contributed by atoms with Crippen LogP contribution in [-0.2, 0) is 4.79 Å². The topological polar surface area (TPSA) is 89.3 Å². The number of rotatable bonds is 4. The molecular formula is C26H23FN5O2. The fraction of sp³-hybridized carbons (Fsp3) is 0.231. The Morgan fingerprint density at radius 1 is 1.12 bits per heavy atom. The van der Waals surface area contributed by atoms with Crippen LogP contribution in [-0.4, -0.2) is 39.8 Å². The molecule has 0 atom stereocenters. The number of halogens is 1. The van der Waals surface area contributed by atoms with Crippen molar-refractivity contribution in [3.05, 3.63) is 77.5 Å². The Morgan fingerprint density at radius 3 is 2.59 bits per heavy atom. The molecule has 5 rings (SSSR count). The predicted molar refractivity (Wildman–Crippen MR) is 127 cm³/mol. The van der Waals surface area contributed by atoms with Crippen LogP contribution in [0.5, 0.6) is 0 Å². The Balaban J connectivity index is 1.42. The number of nitrogens with zero attached hydrogens (tertiary/aromatic N) is 4. The van der Waals surface area contributed by atoms with Gasteiger partial charge in [-0.2, -0.15) is 0 Å². The molecule has 171 valence electrons. The van der Waals surface area contributed by atoms with E-state index in [1.165, 1.54) is 24.0 Å². The maximum absolute atomic E-state index is 13.7. The Labute approximate surface area is 196 Å². The van der Waals surface area contributed by atoms with Gasteiger partial charge in [-0.05, 0) is 60.2 Å². The van der Waals surface area contributed by atoms with E-state index in [-0.39, 0.29) is 11.8 Å². The van der Waals surface area contributed by atoms with Crippen LogP contribution in [0.3, 0.4) is 0 Å². The lowest BCUT2D eigenvalue weighted by Gasteiger charge is -2.31. The molecule has 4 heterocycles. The van der Waals surface area contributed by atoms with Gasteiger partial charge in [0.2, 0.25) is 5.91 Å². The fourth-order valence-corrected chi connectivity index (χ4v) is 4.46. The number of amides is 2. The summed E-state index contributed by atoms with van der Waals surface area (Å²) in [5.74, 6) is 0.0478. The average molecular weight is 457 g/mol. The number of likely N-dealkylation sites (tertiary alicyclic amines) is 1. The van der Waals surface area contributed by atoms with Crippen LogP contribution in [0.1, 0.15) is 47.2 Å². The standard InChI is InChI=1S/C26H23FN5O2/c1-16(33)32-10-7-18(8-11-32)17-2-4-22(5-3-17)30-25-24-19(6-9-29-26(24)34)13-23(31-25)20-12-21(27)15-28-14-20/h2-6,9,12-15,18H,7-8,10-11H2,1H3,(H,30,31). The average Bonchev–Trinajstić information content (AvgIpc) is 2.84. The van der Waals surface area contributed by atoms with Crippen LogP contribution in [0.4, 0.5) is 15.9 Å². The molecule has 1 radical (unpaired) electrons. The van der Waals surface area contributed by atoms with Crippen molar-refractivity contribution in [1.82, 2.24) is 20.2 Å². The molecule has 2 aromatic heterocycles. The minimum atomic E-state index is -0.460. The molecule has 34 heavy (non-hydrogen) atoms. The van der Waals surface area contributed by atoms with Crippen molar-refractivity contribution in [2.24, 2.45) is 0 Å². The van der Waals surface area contributed by atoms with E-state index in [0.29, 0.717) is 34.1 Å². The van der Waals surface area contributed by atoms with E-state index >= 15 is 0 Å². The van der Waals surface area contributed by atoms with Gasteiger partial charge in [-0.3, -0.25) is 14.6 Å².